The van der Waals surface area contributed by atoms with Gasteiger partial charge in [0.1, 0.15) is 6.04 Å². The number of amides is 2. The van der Waals surface area contributed by atoms with Crippen molar-refractivity contribution in [2.45, 2.75) is 42.7 Å². The van der Waals surface area contributed by atoms with Crippen LogP contribution in [0.25, 0.3) is 0 Å². The molecule has 1 spiro atoms. The monoisotopic (exact) mass is 506 g/mol. The van der Waals surface area contributed by atoms with Gasteiger partial charge in [-0.25, -0.2) is 0 Å². The lowest BCUT2D eigenvalue weighted by molar-refractivity contribution is -0.154. The van der Waals surface area contributed by atoms with Gasteiger partial charge < -0.3 is 19.6 Å². The van der Waals surface area contributed by atoms with Gasteiger partial charge in [0, 0.05) is 35.7 Å². The Kier molecular flexibility index (Phi) is 7.31. The van der Waals surface area contributed by atoms with E-state index in [1.165, 1.54) is 0 Å². The maximum atomic E-state index is 14.3. The van der Waals surface area contributed by atoms with Gasteiger partial charge in [-0.3, -0.25) is 14.4 Å². The van der Waals surface area contributed by atoms with Crippen LogP contribution in [0.15, 0.2) is 36.9 Å². The summed E-state index contributed by atoms with van der Waals surface area (Å²) in [4.78, 5) is 44.3. The first kappa shape index (κ1) is 25.1. The molecular formula is C25H31ClN2O5S. The van der Waals surface area contributed by atoms with Crippen LogP contribution in [0.5, 0.6) is 0 Å². The van der Waals surface area contributed by atoms with Crippen LogP contribution in [0.4, 0.5) is 5.69 Å². The number of benzene rings is 1. The van der Waals surface area contributed by atoms with Gasteiger partial charge in [-0.2, -0.15) is 0 Å². The number of hydrogen-bond acceptors (Lipinski definition) is 6. The largest absolute Gasteiger partial charge is 0.466 e. The SMILES string of the molecule is C=CCN(C(=O)C1N(CCCO)C(=O)[C@@H]2[C@@H](C(=O)OCC)[C@H]3CC(C)C12S3)c1ccc(Cl)cc1. The quantitative estimate of drug-likeness (QED) is 0.409. The van der Waals surface area contributed by atoms with Gasteiger partial charge in [0.05, 0.1) is 23.2 Å². The average molecular weight is 507 g/mol. The minimum atomic E-state index is -0.753. The van der Waals surface area contributed by atoms with E-state index in [4.69, 9.17) is 16.3 Å². The number of ether oxygens (including phenoxy) is 1. The second-order valence-electron chi connectivity index (χ2n) is 9.13. The molecule has 3 fully saturated rings. The van der Waals surface area contributed by atoms with Gasteiger partial charge in [-0.05, 0) is 49.9 Å². The van der Waals surface area contributed by atoms with Crippen molar-refractivity contribution in [3.8, 4) is 0 Å². The van der Waals surface area contributed by atoms with Crippen LogP contribution in [0.3, 0.4) is 0 Å². The van der Waals surface area contributed by atoms with Crippen LogP contribution in [-0.2, 0) is 19.1 Å². The molecule has 1 N–H and O–H groups in total. The summed E-state index contributed by atoms with van der Waals surface area (Å²) in [5, 5.41) is 10.00. The van der Waals surface area contributed by atoms with Crippen LogP contribution in [0, 0.1) is 17.8 Å². The van der Waals surface area contributed by atoms with E-state index in [2.05, 4.69) is 13.5 Å². The molecule has 1 aromatic carbocycles. The van der Waals surface area contributed by atoms with E-state index in [0.717, 1.165) is 6.42 Å². The van der Waals surface area contributed by atoms with E-state index in [1.807, 2.05) is 0 Å². The number of carbonyl (C=O) groups is 3. The van der Waals surface area contributed by atoms with E-state index in [-0.39, 0.29) is 55.3 Å². The zero-order valence-corrected chi connectivity index (χ0v) is 21.1. The number of esters is 1. The standard InChI is InChI=1S/C25H31ClN2O5S/c1-4-11-27(17-9-7-16(26)8-10-17)23(31)21-25-15(3)14-18(34-25)19(24(32)33-5-2)20(25)22(30)28(21)12-6-13-29/h4,7-10,15,18-21,29H,1,5-6,11-14H2,2-3H3/t15?,18-,19+,20+,21?,25?/m1/s1. The Morgan fingerprint density at radius 2 is 2.09 bits per heavy atom. The Morgan fingerprint density at radius 1 is 1.38 bits per heavy atom. The third-order valence-corrected chi connectivity index (χ3v) is 9.64. The van der Waals surface area contributed by atoms with Crippen molar-refractivity contribution in [3.05, 3.63) is 41.9 Å². The first-order chi connectivity index (χ1) is 16.3. The number of aliphatic hydroxyl groups is 1. The molecule has 3 aliphatic heterocycles. The first-order valence-electron chi connectivity index (χ1n) is 11.7. The van der Waals surface area contributed by atoms with E-state index in [0.29, 0.717) is 17.1 Å². The minimum absolute atomic E-state index is 0.0540. The topological polar surface area (TPSA) is 87.2 Å². The van der Waals surface area contributed by atoms with Gasteiger partial charge in [0.2, 0.25) is 5.91 Å². The Hall–Kier alpha value is -2.03. The number of anilines is 1. The number of hydrogen-bond donors (Lipinski definition) is 1. The molecule has 0 aliphatic carbocycles. The average Bonchev–Trinajstić information content (AvgIpc) is 3.40. The van der Waals surface area contributed by atoms with Gasteiger partial charge in [-0.1, -0.05) is 24.6 Å². The summed E-state index contributed by atoms with van der Waals surface area (Å²) >= 11 is 7.68. The molecule has 184 valence electrons. The van der Waals surface area contributed by atoms with Crippen LogP contribution < -0.4 is 4.90 Å². The summed E-state index contributed by atoms with van der Waals surface area (Å²) in [7, 11) is 0. The van der Waals surface area contributed by atoms with E-state index in [1.54, 1.807) is 58.8 Å². The number of fused-ring (bicyclic) bond motifs is 1. The molecule has 34 heavy (non-hydrogen) atoms. The molecule has 9 heteroatoms. The lowest BCUT2D eigenvalue weighted by Gasteiger charge is -2.40. The molecule has 3 heterocycles. The highest BCUT2D eigenvalue weighted by atomic mass is 35.5. The maximum Gasteiger partial charge on any atom is 0.310 e. The number of halogens is 1. The lowest BCUT2D eigenvalue weighted by atomic mass is 9.66. The highest BCUT2D eigenvalue weighted by molar-refractivity contribution is 8.02. The third kappa shape index (κ3) is 3.84. The molecule has 0 aromatic heterocycles. The fourth-order valence-electron chi connectivity index (χ4n) is 6.01. The highest BCUT2D eigenvalue weighted by Crippen LogP contribution is 2.68. The van der Waals surface area contributed by atoms with E-state index in [9.17, 15) is 19.5 Å². The smallest absolute Gasteiger partial charge is 0.310 e. The molecule has 3 unspecified atom stereocenters. The summed E-state index contributed by atoms with van der Waals surface area (Å²) < 4.78 is 4.64. The van der Waals surface area contributed by atoms with Crippen LogP contribution >= 0.6 is 23.4 Å². The van der Waals surface area contributed by atoms with Crippen molar-refractivity contribution in [2.75, 3.05) is 31.2 Å². The third-order valence-electron chi connectivity index (χ3n) is 7.31. The maximum absolute atomic E-state index is 14.3. The molecule has 2 amide bonds. The summed E-state index contributed by atoms with van der Waals surface area (Å²) in [6.07, 6.45) is 2.76. The molecular weight excluding hydrogens is 476 g/mol. The minimum Gasteiger partial charge on any atom is -0.466 e. The Balaban J connectivity index is 1.79. The van der Waals surface area contributed by atoms with E-state index < -0.39 is 22.6 Å². The van der Waals surface area contributed by atoms with Crippen molar-refractivity contribution in [1.82, 2.24) is 4.90 Å². The van der Waals surface area contributed by atoms with Crippen LogP contribution in [0.1, 0.15) is 26.7 Å². The molecule has 6 atom stereocenters. The molecule has 4 rings (SSSR count). The van der Waals surface area contributed by atoms with Gasteiger partial charge in [0.15, 0.2) is 0 Å². The van der Waals surface area contributed by atoms with Gasteiger partial charge in [-0.15, -0.1) is 18.3 Å². The summed E-state index contributed by atoms with van der Waals surface area (Å²) in [5.41, 5.74) is 0.663. The molecule has 3 saturated heterocycles. The normalized spacial score (nSPS) is 31.5. The van der Waals surface area contributed by atoms with Gasteiger partial charge >= 0.3 is 5.97 Å². The fraction of sp³-hybridized carbons (Fsp3) is 0.560. The van der Waals surface area contributed by atoms with Crippen molar-refractivity contribution in [1.29, 1.82) is 0 Å². The second kappa shape index (κ2) is 9.91. The number of nitrogens with zero attached hydrogens (tertiary/aromatic N) is 2. The van der Waals surface area contributed by atoms with Gasteiger partial charge in [0.25, 0.3) is 5.91 Å². The Labute approximate surface area is 209 Å². The zero-order valence-electron chi connectivity index (χ0n) is 19.5. The molecule has 0 radical (unpaired) electrons. The Morgan fingerprint density at radius 3 is 2.71 bits per heavy atom. The first-order valence-corrected chi connectivity index (χ1v) is 13.0. The fourth-order valence-corrected chi connectivity index (χ4v) is 8.54. The van der Waals surface area contributed by atoms with Crippen molar-refractivity contribution in [2.24, 2.45) is 17.8 Å². The van der Waals surface area contributed by atoms with Crippen molar-refractivity contribution < 1.29 is 24.2 Å². The predicted octanol–water partition coefficient (Wildman–Crippen LogP) is 3.14. The zero-order chi connectivity index (χ0) is 24.6. The summed E-state index contributed by atoms with van der Waals surface area (Å²) in [6.45, 7) is 8.32. The molecule has 1 aromatic rings. The number of thioether (sulfide) groups is 1. The highest BCUT2D eigenvalue weighted by Gasteiger charge is 2.76. The van der Waals surface area contributed by atoms with Crippen molar-refractivity contribution >= 4 is 46.8 Å². The molecule has 3 aliphatic rings. The molecule has 7 nitrogen and oxygen atoms in total. The lowest BCUT2D eigenvalue weighted by Crippen LogP contribution is -2.57. The number of carbonyl (C=O) groups excluding carboxylic acids is 3. The van der Waals surface area contributed by atoms with Crippen LogP contribution in [-0.4, -0.2) is 70.1 Å². The number of rotatable bonds is 9. The second-order valence-corrected chi connectivity index (χ2v) is 11.1. The van der Waals surface area contributed by atoms with Crippen molar-refractivity contribution in [3.63, 3.8) is 0 Å². The predicted molar refractivity (Wildman–Crippen MR) is 133 cm³/mol. The summed E-state index contributed by atoms with van der Waals surface area (Å²) in [6, 6.07) is 6.24. The van der Waals surface area contributed by atoms with E-state index >= 15 is 0 Å². The van der Waals surface area contributed by atoms with Crippen LogP contribution in [0.2, 0.25) is 5.02 Å². The Bertz CT molecular complexity index is 973. The number of aliphatic hydroxyl groups excluding tert-OH is 1. The molecule has 2 bridgehead atoms. The number of likely N-dealkylation sites (tertiary alicyclic amines) is 1. The summed E-state index contributed by atoms with van der Waals surface area (Å²) in [5.74, 6) is -1.88. The molecule has 0 saturated carbocycles.